The minimum atomic E-state index is -0.864. The second kappa shape index (κ2) is 33.1. The first kappa shape index (κ1) is 60.3. The van der Waals surface area contributed by atoms with E-state index < -0.39 is 47.5 Å². The van der Waals surface area contributed by atoms with E-state index >= 15 is 0 Å². The van der Waals surface area contributed by atoms with Gasteiger partial charge in [0.1, 0.15) is 37.1 Å². The largest absolute Gasteiger partial charge is 0.174 e. The second-order valence-corrected chi connectivity index (χ2v) is 35.7. The fourth-order valence-corrected chi connectivity index (χ4v) is 32.0. The molecule has 0 spiro atoms. The summed E-state index contributed by atoms with van der Waals surface area (Å²) in [6.45, 7) is 0. The van der Waals surface area contributed by atoms with Gasteiger partial charge in [-0.2, -0.15) is 0 Å². The van der Waals surface area contributed by atoms with Gasteiger partial charge in [0.05, 0.1) is 48.9 Å². The Hall–Kier alpha value is -6.29. The minimum absolute atomic E-state index is 0. The Labute approximate surface area is 505 Å². The van der Waals surface area contributed by atoms with Crippen LogP contribution in [0.1, 0.15) is 0 Å². The Kier molecular flexibility index (Phi) is 24.4. The smallest absolute Gasteiger partial charge is 0.0622 e. The van der Waals surface area contributed by atoms with E-state index in [0.717, 1.165) is 0 Å². The number of rotatable bonds is 18. The molecule has 0 saturated heterocycles. The van der Waals surface area contributed by atoms with Gasteiger partial charge in [0.2, 0.25) is 0 Å². The summed E-state index contributed by atoms with van der Waals surface area (Å²) >= 11 is 0. The Balaban J connectivity index is 0.000000147. The first-order chi connectivity index (χ1) is 40.2. The van der Waals surface area contributed by atoms with E-state index in [4.69, 9.17) is 0 Å². The zero-order chi connectivity index (χ0) is 54.9. The molecule has 0 heterocycles. The fourth-order valence-electron chi connectivity index (χ4n) is 10.1. The van der Waals surface area contributed by atoms with E-state index in [1.54, 1.807) is 0 Å². The topological polar surface area (TPSA) is 0 Å². The Morgan fingerprint density at radius 1 is 0.171 bits per heavy atom. The summed E-state index contributed by atoms with van der Waals surface area (Å²) in [6.07, 6.45) is 0. The van der Waals surface area contributed by atoms with Crippen LogP contribution < -0.4 is 63.7 Å². The van der Waals surface area contributed by atoms with Crippen molar-refractivity contribution >= 4 is 111 Å². The summed E-state index contributed by atoms with van der Waals surface area (Å²) in [5.41, 5.74) is 0. The minimum Gasteiger partial charge on any atom is -0.0622 e. The Morgan fingerprint density at radius 2 is 0.305 bits per heavy atom. The van der Waals surface area contributed by atoms with Crippen LogP contribution in [0, 0.1) is 0 Å². The van der Waals surface area contributed by atoms with Crippen molar-refractivity contribution < 1.29 is 16.5 Å². The number of benzene rings is 12. The summed E-state index contributed by atoms with van der Waals surface area (Å²) in [4.78, 5) is 0. The van der Waals surface area contributed by atoms with Crippen molar-refractivity contribution in [1.29, 1.82) is 0 Å². The number of hydrogen-bond donors (Lipinski definition) is 0. The summed E-state index contributed by atoms with van der Waals surface area (Å²) in [6, 6.07) is 133. The van der Waals surface area contributed by atoms with E-state index in [2.05, 4.69) is 364 Å². The van der Waals surface area contributed by atoms with Crippen molar-refractivity contribution in [2.75, 3.05) is 17.7 Å². The van der Waals surface area contributed by atoms with E-state index in [1.165, 1.54) is 81.4 Å². The third-order valence-electron chi connectivity index (χ3n) is 14.2. The van der Waals surface area contributed by atoms with Gasteiger partial charge in [0.15, 0.2) is 5.90 Å². The predicted octanol–water partition coefficient (Wildman–Crippen LogP) is 14.6. The van der Waals surface area contributed by atoms with Gasteiger partial charge in [0, 0.05) is 16.5 Å². The molecule has 12 aromatic carbocycles. The van der Waals surface area contributed by atoms with Crippen molar-refractivity contribution in [3.05, 3.63) is 364 Å². The molecule has 0 amide bonds. The molecule has 406 valence electrons. The molecule has 82 heavy (non-hydrogen) atoms. The van der Waals surface area contributed by atoms with Gasteiger partial charge in [0.25, 0.3) is 0 Å². The maximum absolute atomic E-state index is 2.32. The van der Waals surface area contributed by atoms with Crippen molar-refractivity contribution in [3.8, 4) is 0 Å². The van der Waals surface area contributed by atoms with Crippen molar-refractivity contribution in [1.82, 2.24) is 0 Å². The molecule has 0 aliphatic carbocycles. The SMILES string of the molecule is [Ni].c1ccc(P(C[PH+](c2ccccc2)c2ccccc2)c2ccccc2)cc1.c1ccc(P(C[PH+](c2ccccc2)c2ccccc2)c2ccccc2)cc1.c1ccc([PH+](C[PH+](c2ccccc2)c2ccccc2)c2ccccc2)cc1. The quantitative estimate of drug-likeness (QED) is 0.0593. The van der Waals surface area contributed by atoms with Crippen LogP contribution in [-0.4, -0.2) is 17.7 Å². The molecule has 0 aromatic heterocycles. The van der Waals surface area contributed by atoms with Gasteiger partial charge in [-0.1, -0.05) is 267 Å². The van der Waals surface area contributed by atoms with Gasteiger partial charge in [-0.15, -0.1) is 0 Å². The molecule has 0 bridgehead atoms. The average Bonchev–Trinajstić information content (AvgIpc) is 3.57. The molecule has 0 atom stereocenters. The Bertz CT molecular complexity index is 2730. The zero-order valence-corrected chi connectivity index (χ0v) is 52.7. The van der Waals surface area contributed by atoms with Crippen LogP contribution in [-0.2, 0) is 16.5 Å². The predicted molar refractivity (Wildman–Crippen MR) is 375 cm³/mol. The number of hydrogen-bond acceptors (Lipinski definition) is 0. The van der Waals surface area contributed by atoms with E-state index in [9.17, 15) is 0 Å². The van der Waals surface area contributed by atoms with E-state index in [1.807, 2.05) is 0 Å². The van der Waals surface area contributed by atoms with Crippen LogP contribution in [0.15, 0.2) is 364 Å². The first-order valence-electron chi connectivity index (χ1n) is 27.9. The van der Waals surface area contributed by atoms with Gasteiger partial charge in [-0.25, -0.2) is 0 Å². The molecular formula is C75H70NiP6+4. The monoisotopic (exact) mass is 1210 g/mol. The molecule has 0 radical (unpaired) electrons. The molecule has 0 aliphatic rings. The van der Waals surface area contributed by atoms with Crippen LogP contribution in [0.5, 0.6) is 0 Å². The van der Waals surface area contributed by atoms with Gasteiger partial charge in [-0.3, -0.25) is 0 Å². The zero-order valence-electron chi connectivity index (χ0n) is 46.0. The summed E-state index contributed by atoms with van der Waals surface area (Å²) in [7, 11) is -4.21. The third kappa shape index (κ3) is 17.4. The van der Waals surface area contributed by atoms with E-state index in [-0.39, 0.29) is 16.5 Å². The molecule has 12 aromatic rings. The van der Waals surface area contributed by atoms with Crippen LogP contribution in [0.25, 0.3) is 0 Å². The van der Waals surface area contributed by atoms with Gasteiger partial charge < -0.3 is 0 Å². The van der Waals surface area contributed by atoms with Crippen LogP contribution in [0.2, 0.25) is 0 Å². The normalized spacial score (nSPS) is 10.9. The molecule has 0 aliphatic heterocycles. The average molecular weight is 1220 g/mol. The molecule has 0 unspecified atom stereocenters. The van der Waals surface area contributed by atoms with Crippen molar-refractivity contribution in [3.63, 3.8) is 0 Å². The van der Waals surface area contributed by atoms with E-state index in [0.29, 0.717) is 0 Å². The molecule has 7 heteroatoms. The van der Waals surface area contributed by atoms with Crippen LogP contribution in [0.4, 0.5) is 0 Å². The molecule has 0 N–H and O–H groups in total. The third-order valence-corrected chi connectivity index (χ3v) is 34.1. The van der Waals surface area contributed by atoms with Crippen LogP contribution >= 0.6 is 47.5 Å². The standard InChI is InChI=1S/3C25H22P2.Ni/c3*1-5-13-22(14-6-1)26(23-15-7-2-8-16-23)21-27(24-17-9-3-10-18-24)25-19-11-4-12-20-25;/h3*1-20H,21H2;/p+4. The summed E-state index contributed by atoms with van der Waals surface area (Å²) in [5, 5.41) is 17.8. The maximum Gasteiger partial charge on any atom is 0.174 e. The first-order valence-corrected chi connectivity index (χ1v) is 37.8. The molecule has 0 nitrogen and oxygen atoms in total. The fraction of sp³-hybridized carbons (Fsp3) is 0.0400. The summed E-state index contributed by atoms with van der Waals surface area (Å²) < 4.78 is 0. The van der Waals surface area contributed by atoms with Gasteiger partial charge in [-0.05, 0) is 134 Å². The summed E-state index contributed by atoms with van der Waals surface area (Å²) in [5.74, 6) is 3.67. The van der Waals surface area contributed by atoms with Crippen molar-refractivity contribution in [2.45, 2.75) is 0 Å². The second-order valence-electron chi connectivity index (χ2n) is 19.5. The van der Waals surface area contributed by atoms with Crippen LogP contribution in [0.3, 0.4) is 0 Å². The molecule has 0 saturated carbocycles. The molecular weight excluding hydrogens is 1150 g/mol. The van der Waals surface area contributed by atoms with Gasteiger partial charge >= 0.3 is 0 Å². The maximum atomic E-state index is 2.32. The Morgan fingerprint density at radius 3 is 0.463 bits per heavy atom. The molecule has 0 fully saturated rings. The molecule has 12 rings (SSSR count). The van der Waals surface area contributed by atoms with Crippen molar-refractivity contribution in [2.24, 2.45) is 0 Å².